The summed E-state index contributed by atoms with van der Waals surface area (Å²) >= 11 is 3.56. The molecule has 1 heterocycles. The normalized spacial score (nSPS) is 12.7. The summed E-state index contributed by atoms with van der Waals surface area (Å²) in [7, 11) is 0. The van der Waals surface area contributed by atoms with Gasteiger partial charge in [-0.1, -0.05) is 28.1 Å². The van der Waals surface area contributed by atoms with Crippen molar-refractivity contribution < 1.29 is 8.81 Å². The van der Waals surface area contributed by atoms with E-state index in [1.54, 1.807) is 18.4 Å². The summed E-state index contributed by atoms with van der Waals surface area (Å²) in [4.78, 5) is 0.0873. The monoisotopic (exact) mass is 282 g/mol. The van der Waals surface area contributed by atoms with E-state index in [0.717, 1.165) is 16.9 Å². The Labute approximate surface area is 102 Å². The van der Waals surface area contributed by atoms with Crippen LogP contribution in [0.2, 0.25) is 0 Å². The molecule has 84 valence electrons. The maximum atomic E-state index is 13.0. The number of hydrogen-bond acceptors (Lipinski definition) is 1. The van der Waals surface area contributed by atoms with E-state index >= 15 is 0 Å². The van der Waals surface area contributed by atoms with Crippen molar-refractivity contribution in [3.05, 3.63) is 59.3 Å². The first kappa shape index (κ1) is 11.4. The first-order valence-electron chi connectivity index (χ1n) is 5.09. The Morgan fingerprint density at radius 1 is 1.38 bits per heavy atom. The molecule has 0 radical (unpaired) electrons. The second-order valence-corrected chi connectivity index (χ2v) is 4.87. The Hall–Kier alpha value is -1.09. The fourth-order valence-electron chi connectivity index (χ4n) is 1.67. The number of rotatable bonds is 3. The molecule has 0 aliphatic carbocycles. The maximum Gasteiger partial charge on any atom is 0.123 e. The summed E-state index contributed by atoms with van der Waals surface area (Å²) < 4.78 is 18.4. The SMILES string of the molecule is Cc1ccoc1C(Br)Cc1cccc(F)c1. The van der Waals surface area contributed by atoms with Gasteiger partial charge in [0.1, 0.15) is 11.6 Å². The average molecular weight is 283 g/mol. The fourth-order valence-corrected chi connectivity index (χ4v) is 2.51. The molecule has 1 unspecified atom stereocenters. The van der Waals surface area contributed by atoms with Crippen LogP contribution < -0.4 is 0 Å². The quantitative estimate of drug-likeness (QED) is 0.761. The van der Waals surface area contributed by atoms with Crippen molar-refractivity contribution in [2.45, 2.75) is 18.2 Å². The minimum atomic E-state index is -0.201. The third kappa shape index (κ3) is 2.53. The largest absolute Gasteiger partial charge is 0.468 e. The molecule has 0 saturated heterocycles. The molecular weight excluding hydrogens is 271 g/mol. The topological polar surface area (TPSA) is 13.1 Å². The number of aryl methyl sites for hydroxylation is 1. The van der Waals surface area contributed by atoms with Gasteiger partial charge in [0, 0.05) is 0 Å². The van der Waals surface area contributed by atoms with Gasteiger partial charge in [-0.25, -0.2) is 4.39 Å². The van der Waals surface area contributed by atoms with E-state index in [1.807, 2.05) is 19.1 Å². The molecule has 0 aliphatic heterocycles. The Kier molecular flexibility index (Phi) is 3.44. The molecule has 1 nitrogen and oxygen atoms in total. The fraction of sp³-hybridized carbons (Fsp3) is 0.231. The first-order valence-corrected chi connectivity index (χ1v) is 6.01. The highest BCUT2D eigenvalue weighted by molar-refractivity contribution is 9.09. The molecule has 0 fully saturated rings. The van der Waals surface area contributed by atoms with Gasteiger partial charge in [0.25, 0.3) is 0 Å². The highest BCUT2D eigenvalue weighted by Gasteiger charge is 2.14. The smallest absolute Gasteiger partial charge is 0.123 e. The van der Waals surface area contributed by atoms with Crippen LogP contribution in [0, 0.1) is 12.7 Å². The summed E-state index contributed by atoms with van der Waals surface area (Å²) in [5.74, 6) is 0.706. The Morgan fingerprint density at radius 3 is 2.81 bits per heavy atom. The van der Waals surface area contributed by atoms with Gasteiger partial charge < -0.3 is 4.42 Å². The molecule has 2 aromatic rings. The summed E-state index contributed by atoms with van der Waals surface area (Å²) in [6.07, 6.45) is 2.39. The van der Waals surface area contributed by atoms with E-state index in [0.29, 0.717) is 6.42 Å². The zero-order chi connectivity index (χ0) is 11.5. The molecule has 1 aromatic carbocycles. The molecule has 0 saturated carbocycles. The van der Waals surface area contributed by atoms with Crippen LogP contribution in [0.5, 0.6) is 0 Å². The minimum absolute atomic E-state index is 0.0873. The van der Waals surface area contributed by atoms with Gasteiger partial charge in [-0.2, -0.15) is 0 Å². The number of benzene rings is 1. The van der Waals surface area contributed by atoms with E-state index in [-0.39, 0.29) is 10.6 Å². The molecule has 16 heavy (non-hydrogen) atoms. The molecule has 2 rings (SSSR count). The lowest BCUT2D eigenvalue weighted by molar-refractivity contribution is 0.504. The third-order valence-electron chi connectivity index (χ3n) is 2.49. The van der Waals surface area contributed by atoms with E-state index in [1.165, 1.54) is 6.07 Å². The van der Waals surface area contributed by atoms with Gasteiger partial charge in [0.2, 0.25) is 0 Å². The van der Waals surface area contributed by atoms with E-state index in [9.17, 15) is 4.39 Å². The summed E-state index contributed by atoms with van der Waals surface area (Å²) in [5.41, 5.74) is 2.07. The average Bonchev–Trinajstić information content (AvgIpc) is 2.64. The molecule has 0 N–H and O–H groups in total. The molecule has 1 aromatic heterocycles. The van der Waals surface area contributed by atoms with Crippen LogP contribution in [0.4, 0.5) is 4.39 Å². The molecule has 0 bridgehead atoms. The number of halogens is 2. The van der Waals surface area contributed by atoms with Gasteiger partial charge in [-0.15, -0.1) is 0 Å². The number of hydrogen-bond donors (Lipinski definition) is 0. The van der Waals surface area contributed by atoms with Crippen molar-refractivity contribution in [1.29, 1.82) is 0 Å². The van der Waals surface area contributed by atoms with Crippen LogP contribution in [0.3, 0.4) is 0 Å². The molecular formula is C13H12BrFO. The van der Waals surface area contributed by atoms with Crippen molar-refractivity contribution in [1.82, 2.24) is 0 Å². The van der Waals surface area contributed by atoms with Crippen molar-refractivity contribution >= 4 is 15.9 Å². The number of furan rings is 1. The maximum absolute atomic E-state index is 13.0. The molecule has 0 spiro atoms. The Balaban J connectivity index is 2.14. The van der Waals surface area contributed by atoms with E-state index in [2.05, 4.69) is 15.9 Å². The second-order valence-electron chi connectivity index (χ2n) is 3.77. The van der Waals surface area contributed by atoms with Crippen molar-refractivity contribution in [2.75, 3.05) is 0 Å². The van der Waals surface area contributed by atoms with Crippen molar-refractivity contribution in [3.8, 4) is 0 Å². The summed E-state index contributed by atoms with van der Waals surface area (Å²) in [6, 6.07) is 8.56. The summed E-state index contributed by atoms with van der Waals surface area (Å²) in [6.45, 7) is 2.00. The van der Waals surface area contributed by atoms with E-state index < -0.39 is 0 Å². The predicted molar refractivity (Wildman–Crippen MR) is 65.2 cm³/mol. The van der Waals surface area contributed by atoms with Crippen LogP contribution in [0.25, 0.3) is 0 Å². The van der Waals surface area contributed by atoms with Gasteiger partial charge >= 0.3 is 0 Å². The lowest BCUT2D eigenvalue weighted by atomic mass is 10.1. The standard InChI is InChI=1S/C13H12BrFO/c1-9-5-6-16-13(9)12(14)8-10-3-2-4-11(15)7-10/h2-7,12H,8H2,1H3. The van der Waals surface area contributed by atoms with Gasteiger partial charge in [0.05, 0.1) is 11.1 Å². The van der Waals surface area contributed by atoms with Crippen LogP contribution >= 0.6 is 15.9 Å². The zero-order valence-corrected chi connectivity index (χ0v) is 10.5. The second kappa shape index (κ2) is 4.83. The van der Waals surface area contributed by atoms with Crippen LogP contribution in [0.1, 0.15) is 21.7 Å². The lowest BCUT2D eigenvalue weighted by Crippen LogP contribution is -1.96. The van der Waals surface area contributed by atoms with Gasteiger partial charge in [-0.3, -0.25) is 0 Å². The van der Waals surface area contributed by atoms with E-state index in [4.69, 9.17) is 4.42 Å². The lowest BCUT2D eigenvalue weighted by Gasteiger charge is -2.08. The minimum Gasteiger partial charge on any atom is -0.468 e. The third-order valence-corrected chi connectivity index (χ3v) is 3.23. The highest BCUT2D eigenvalue weighted by Crippen LogP contribution is 2.30. The molecule has 3 heteroatoms. The molecule has 1 atom stereocenters. The van der Waals surface area contributed by atoms with Crippen molar-refractivity contribution in [2.24, 2.45) is 0 Å². The van der Waals surface area contributed by atoms with Crippen LogP contribution in [-0.2, 0) is 6.42 Å². The Bertz CT molecular complexity index is 478. The molecule has 0 aliphatic rings. The molecule has 0 amide bonds. The van der Waals surface area contributed by atoms with Gasteiger partial charge in [0.15, 0.2) is 0 Å². The van der Waals surface area contributed by atoms with Crippen LogP contribution in [-0.4, -0.2) is 0 Å². The van der Waals surface area contributed by atoms with Crippen molar-refractivity contribution in [3.63, 3.8) is 0 Å². The zero-order valence-electron chi connectivity index (χ0n) is 8.91. The Morgan fingerprint density at radius 2 is 2.19 bits per heavy atom. The number of alkyl halides is 1. The van der Waals surface area contributed by atoms with Crippen LogP contribution in [0.15, 0.2) is 41.0 Å². The van der Waals surface area contributed by atoms with Gasteiger partial charge in [-0.05, 0) is 42.7 Å². The first-order chi connectivity index (χ1) is 7.66. The summed E-state index contributed by atoms with van der Waals surface area (Å²) in [5, 5.41) is 0. The predicted octanol–water partition coefficient (Wildman–Crippen LogP) is 4.41. The highest BCUT2D eigenvalue weighted by atomic mass is 79.9.